The molecule has 0 amide bonds. The van der Waals surface area contributed by atoms with E-state index in [2.05, 4.69) is 0 Å². The molecule has 1 aliphatic heterocycles. The third kappa shape index (κ3) is 11.2. The van der Waals surface area contributed by atoms with Crippen molar-refractivity contribution in [2.75, 3.05) is 11.5 Å². The van der Waals surface area contributed by atoms with E-state index < -0.39 is 0 Å². The van der Waals surface area contributed by atoms with Crippen LogP contribution in [0.3, 0.4) is 0 Å². The highest BCUT2D eigenvalue weighted by Gasteiger charge is 1.98. The zero-order valence-corrected chi connectivity index (χ0v) is 14.4. The summed E-state index contributed by atoms with van der Waals surface area (Å²) in [5, 5.41) is 0. The van der Waals surface area contributed by atoms with Gasteiger partial charge in [-0.05, 0) is 52.1 Å². The molecule has 0 aromatic heterocycles. The van der Waals surface area contributed by atoms with Gasteiger partial charge in [0.25, 0.3) is 0 Å². The van der Waals surface area contributed by atoms with Crippen molar-refractivity contribution in [1.29, 1.82) is 0 Å². The summed E-state index contributed by atoms with van der Waals surface area (Å²) in [5.74, 6) is 2.66. The van der Waals surface area contributed by atoms with Gasteiger partial charge < -0.3 is 0 Å². The van der Waals surface area contributed by atoms with Gasteiger partial charge in [0.05, 0.1) is 0 Å². The third-order valence-electron chi connectivity index (χ3n) is 2.38. The fourth-order valence-electron chi connectivity index (χ4n) is 1.51. The summed E-state index contributed by atoms with van der Waals surface area (Å²) in [7, 11) is 11.8. The first-order valence-electron chi connectivity index (χ1n) is 5.91. The Hall–Kier alpha value is 2.10. The Morgan fingerprint density at radius 1 is 0.375 bits per heavy atom. The molecule has 0 aromatic carbocycles. The lowest BCUT2D eigenvalue weighted by atomic mass is 10.1. The van der Waals surface area contributed by atoms with Crippen LogP contribution >= 0.6 is 60.9 Å². The highest BCUT2D eigenvalue weighted by atomic mass is 33.9. The standard InChI is InChI=1S/C10H20S6/c1-2-4-6-8-10-12-14-16-15-13-11-9-7-5-3-1/h1-10H2. The summed E-state index contributed by atoms with van der Waals surface area (Å²) in [5.41, 5.74) is 0. The van der Waals surface area contributed by atoms with E-state index in [0.29, 0.717) is 0 Å². The Labute approximate surface area is 123 Å². The summed E-state index contributed by atoms with van der Waals surface area (Å²) in [6, 6.07) is 0. The largest absolute Gasteiger partial charge is 0.0817 e. The lowest BCUT2D eigenvalue weighted by Gasteiger charge is -2.04. The molecule has 16 heavy (non-hydrogen) atoms. The minimum atomic E-state index is 1.33. The highest BCUT2D eigenvalue weighted by molar-refractivity contribution is 9.41. The fraction of sp³-hybridized carbons (Fsp3) is 1.00. The van der Waals surface area contributed by atoms with Crippen molar-refractivity contribution in [1.82, 2.24) is 0 Å². The van der Waals surface area contributed by atoms with E-state index in [0.717, 1.165) is 0 Å². The normalized spacial score (nSPS) is 24.0. The van der Waals surface area contributed by atoms with Crippen LogP contribution in [0.25, 0.3) is 0 Å². The molecule has 0 spiro atoms. The van der Waals surface area contributed by atoms with Gasteiger partial charge >= 0.3 is 0 Å². The molecule has 0 atom stereocenters. The van der Waals surface area contributed by atoms with E-state index in [9.17, 15) is 0 Å². The average Bonchev–Trinajstić information content (AvgIpc) is 2.29. The molecule has 0 nitrogen and oxygen atoms in total. The van der Waals surface area contributed by atoms with Crippen LogP contribution in [-0.4, -0.2) is 11.5 Å². The van der Waals surface area contributed by atoms with Gasteiger partial charge in [0.15, 0.2) is 0 Å². The van der Waals surface area contributed by atoms with Crippen LogP contribution in [0.1, 0.15) is 51.4 Å². The van der Waals surface area contributed by atoms with Gasteiger partial charge in [0.2, 0.25) is 0 Å². The number of hydrogen-bond acceptors (Lipinski definition) is 6. The van der Waals surface area contributed by atoms with Crippen molar-refractivity contribution in [2.45, 2.75) is 51.4 Å². The molecule has 1 rings (SSSR count). The molecule has 1 fully saturated rings. The summed E-state index contributed by atoms with van der Waals surface area (Å²) >= 11 is 0. The summed E-state index contributed by atoms with van der Waals surface area (Å²) in [6.45, 7) is 0. The summed E-state index contributed by atoms with van der Waals surface area (Å²) in [6.07, 6.45) is 11.5. The maximum Gasteiger partial charge on any atom is 0.00454 e. The van der Waals surface area contributed by atoms with E-state index in [4.69, 9.17) is 0 Å². The second kappa shape index (κ2) is 13.5. The van der Waals surface area contributed by atoms with Crippen LogP contribution in [0.5, 0.6) is 0 Å². The first kappa shape index (κ1) is 16.2. The van der Waals surface area contributed by atoms with E-state index in [1.807, 2.05) is 60.9 Å². The van der Waals surface area contributed by atoms with Gasteiger partial charge in [-0.3, -0.25) is 0 Å². The molecular formula is C10H20S6. The van der Waals surface area contributed by atoms with E-state index in [1.54, 1.807) is 0 Å². The van der Waals surface area contributed by atoms with Crippen molar-refractivity contribution in [3.63, 3.8) is 0 Å². The van der Waals surface area contributed by atoms with E-state index >= 15 is 0 Å². The Morgan fingerprint density at radius 2 is 0.750 bits per heavy atom. The summed E-state index contributed by atoms with van der Waals surface area (Å²) in [4.78, 5) is 0. The molecule has 0 unspecified atom stereocenters. The van der Waals surface area contributed by atoms with Gasteiger partial charge in [-0.25, -0.2) is 0 Å². The lowest BCUT2D eigenvalue weighted by Crippen LogP contribution is -1.83. The van der Waals surface area contributed by atoms with Crippen molar-refractivity contribution in [2.24, 2.45) is 0 Å². The lowest BCUT2D eigenvalue weighted by molar-refractivity contribution is 0.588. The van der Waals surface area contributed by atoms with Crippen LogP contribution in [0.2, 0.25) is 0 Å². The highest BCUT2D eigenvalue weighted by Crippen LogP contribution is 2.52. The zero-order valence-electron chi connectivity index (χ0n) is 9.52. The van der Waals surface area contributed by atoms with Gasteiger partial charge in [0.1, 0.15) is 0 Å². The number of rotatable bonds is 0. The molecule has 96 valence electrons. The molecule has 0 aliphatic carbocycles. The van der Waals surface area contributed by atoms with Crippen LogP contribution in [0, 0.1) is 0 Å². The van der Waals surface area contributed by atoms with Crippen LogP contribution in [0.15, 0.2) is 0 Å². The van der Waals surface area contributed by atoms with Crippen LogP contribution in [0.4, 0.5) is 0 Å². The molecule has 0 bridgehead atoms. The second-order valence-corrected chi connectivity index (χ2v) is 13.5. The Morgan fingerprint density at radius 3 is 1.19 bits per heavy atom. The van der Waals surface area contributed by atoms with Gasteiger partial charge in [-0.2, -0.15) is 0 Å². The minimum absolute atomic E-state index is 1.33. The van der Waals surface area contributed by atoms with Crippen LogP contribution in [-0.2, 0) is 0 Å². The topological polar surface area (TPSA) is 0 Å². The molecule has 0 N–H and O–H groups in total. The van der Waals surface area contributed by atoms with E-state index in [1.165, 1.54) is 62.9 Å². The maximum atomic E-state index is 2.03. The van der Waals surface area contributed by atoms with Gasteiger partial charge in [-0.1, -0.05) is 60.1 Å². The molecule has 0 saturated carbocycles. The molecular weight excluding hydrogens is 313 g/mol. The average molecular weight is 333 g/mol. The second-order valence-electron chi connectivity index (χ2n) is 3.74. The first-order chi connectivity index (χ1) is 8.00. The van der Waals surface area contributed by atoms with Crippen molar-refractivity contribution in [3.8, 4) is 0 Å². The number of hydrogen-bond donors (Lipinski definition) is 0. The molecule has 6 heteroatoms. The molecule has 1 aliphatic rings. The molecule has 1 heterocycles. The summed E-state index contributed by atoms with van der Waals surface area (Å²) < 4.78 is 0. The molecule has 0 aromatic rings. The minimum Gasteiger partial charge on any atom is -0.0817 e. The van der Waals surface area contributed by atoms with Crippen molar-refractivity contribution >= 4 is 60.9 Å². The zero-order chi connectivity index (χ0) is 11.3. The first-order valence-corrected chi connectivity index (χ1v) is 13.7. The third-order valence-corrected chi connectivity index (χ3v) is 13.5. The monoisotopic (exact) mass is 332 g/mol. The Bertz CT molecular complexity index is 79.3. The Kier molecular flexibility index (Phi) is 13.7. The predicted molar refractivity (Wildman–Crippen MR) is 92.2 cm³/mol. The van der Waals surface area contributed by atoms with Crippen LogP contribution < -0.4 is 0 Å². The quantitative estimate of drug-likeness (QED) is 0.431. The fourth-order valence-corrected chi connectivity index (χ4v) is 13.3. The molecule has 1 saturated heterocycles. The predicted octanol–water partition coefficient (Wildman–Crippen LogP) is 7.10. The van der Waals surface area contributed by atoms with Crippen molar-refractivity contribution < 1.29 is 0 Å². The smallest absolute Gasteiger partial charge is 0.00454 e. The van der Waals surface area contributed by atoms with Gasteiger partial charge in [-0.15, -0.1) is 0 Å². The SMILES string of the molecule is C1CCCCCSSSSSSCCCC1. The Balaban J connectivity index is 2.00. The maximum absolute atomic E-state index is 2.03. The van der Waals surface area contributed by atoms with Crippen molar-refractivity contribution in [3.05, 3.63) is 0 Å². The van der Waals surface area contributed by atoms with E-state index in [-0.39, 0.29) is 0 Å². The molecule has 0 radical (unpaired) electrons. The van der Waals surface area contributed by atoms with Gasteiger partial charge in [0, 0.05) is 11.5 Å².